The first-order valence-corrected chi connectivity index (χ1v) is 7.22. The highest BCUT2D eigenvalue weighted by molar-refractivity contribution is 5.93. The van der Waals surface area contributed by atoms with Crippen LogP contribution in [0.15, 0.2) is 42.7 Å². The summed E-state index contributed by atoms with van der Waals surface area (Å²) in [6.45, 7) is 0.810. The summed E-state index contributed by atoms with van der Waals surface area (Å²) in [4.78, 5) is 12.1. The number of para-hydroxylation sites is 1. The van der Waals surface area contributed by atoms with E-state index in [0.717, 1.165) is 24.9 Å². The van der Waals surface area contributed by atoms with Gasteiger partial charge in [0.15, 0.2) is 0 Å². The summed E-state index contributed by atoms with van der Waals surface area (Å²) in [7, 11) is 0. The zero-order valence-corrected chi connectivity index (χ0v) is 11.8. The predicted molar refractivity (Wildman–Crippen MR) is 79.3 cm³/mol. The summed E-state index contributed by atoms with van der Waals surface area (Å²) in [5.74, 6) is -0.110. The fraction of sp³-hybridized carbons (Fsp3) is 0.375. The van der Waals surface area contributed by atoms with Crippen LogP contribution in [0, 0.1) is 5.41 Å². The van der Waals surface area contributed by atoms with Gasteiger partial charge in [-0.2, -0.15) is 5.10 Å². The molecule has 5 nitrogen and oxygen atoms in total. The molecule has 3 rings (SSSR count). The van der Waals surface area contributed by atoms with Crippen molar-refractivity contribution in [1.82, 2.24) is 15.1 Å². The third-order valence-corrected chi connectivity index (χ3v) is 4.09. The summed E-state index contributed by atoms with van der Waals surface area (Å²) >= 11 is 0. The second kappa shape index (κ2) is 5.69. The van der Waals surface area contributed by atoms with Gasteiger partial charge in [0.25, 0.3) is 5.91 Å². The lowest BCUT2D eigenvalue weighted by Crippen LogP contribution is -2.30. The van der Waals surface area contributed by atoms with Gasteiger partial charge in [0.2, 0.25) is 0 Å². The highest BCUT2D eigenvalue weighted by Crippen LogP contribution is 2.47. The van der Waals surface area contributed by atoms with Gasteiger partial charge < -0.3 is 10.4 Å². The first-order valence-electron chi connectivity index (χ1n) is 7.22. The number of hydrogen-bond acceptors (Lipinski definition) is 3. The van der Waals surface area contributed by atoms with E-state index >= 15 is 0 Å². The van der Waals surface area contributed by atoms with Crippen LogP contribution in [0.25, 0.3) is 5.69 Å². The van der Waals surface area contributed by atoms with E-state index in [0.29, 0.717) is 12.1 Å². The Bertz CT molecular complexity index is 617. The minimum absolute atomic E-state index is 0.110. The van der Waals surface area contributed by atoms with Crippen molar-refractivity contribution in [2.24, 2.45) is 5.41 Å². The molecule has 0 radical (unpaired) electrons. The predicted octanol–water partition coefficient (Wildman–Crippen LogP) is 1.76. The Balaban J connectivity index is 1.62. The van der Waals surface area contributed by atoms with Crippen LogP contribution in [-0.2, 0) is 0 Å². The minimum atomic E-state index is -0.110. The summed E-state index contributed by atoms with van der Waals surface area (Å²) in [6, 6.07) is 9.69. The molecule has 1 amide bonds. The van der Waals surface area contributed by atoms with E-state index in [1.165, 1.54) is 0 Å². The number of amides is 1. The summed E-state index contributed by atoms with van der Waals surface area (Å²) in [5.41, 5.74) is 1.61. The molecule has 0 saturated heterocycles. The molecule has 2 N–H and O–H groups in total. The van der Waals surface area contributed by atoms with E-state index in [2.05, 4.69) is 10.4 Å². The number of carbonyl (C=O) groups excluding carboxylic acids is 1. The molecule has 21 heavy (non-hydrogen) atoms. The van der Waals surface area contributed by atoms with Crippen molar-refractivity contribution in [3.8, 4) is 5.69 Å². The molecule has 2 aromatic rings. The van der Waals surface area contributed by atoms with Gasteiger partial charge in [-0.05, 0) is 36.8 Å². The maximum Gasteiger partial charge on any atom is 0.254 e. The number of carbonyl (C=O) groups is 1. The highest BCUT2D eigenvalue weighted by Gasteiger charge is 2.41. The standard InChI is InChI=1S/C16H19N3O2/c20-9-8-16(6-7-16)12-17-15(21)13-10-18-19(11-13)14-4-2-1-3-5-14/h1-5,10-11,20H,6-9,12H2,(H,17,21). The monoisotopic (exact) mass is 285 g/mol. The Hall–Kier alpha value is -2.14. The van der Waals surface area contributed by atoms with Crippen LogP contribution in [0.4, 0.5) is 0 Å². The van der Waals surface area contributed by atoms with Crippen LogP contribution in [0.3, 0.4) is 0 Å². The lowest BCUT2D eigenvalue weighted by atomic mass is 10.0. The quantitative estimate of drug-likeness (QED) is 0.850. The normalized spacial score (nSPS) is 15.7. The van der Waals surface area contributed by atoms with E-state index in [4.69, 9.17) is 5.11 Å². The Labute approximate surface area is 123 Å². The second-order valence-corrected chi connectivity index (χ2v) is 5.67. The lowest BCUT2D eigenvalue weighted by molar-refractivity contribution is 0.0941. The van der Waals surface area contributed by atoms with Crippen LogP contribution in [0.2, 0.25) is 0 Å². The van der Waals surface area contributed by atoms with Gasteiger partial charge in [-0.25, -0.2) is 4.68 Å². The molecule has 5 heteroatoms. The first-order chi connectivity index (χ1) is 10.2. The molecule has 0 unspecified atom stereocenters. The SMILES string of the molecule is O=C(NCC1(CCO)CC1)c1cnn(-c2ccccc2)c1. The van der Waals surface area contributed by atoms with Crippen LogP contribution < -0.4 is 5.32 Å². The number of nitrogens with one attached hydrogen (secondary N) is 1. The topological polar surface area (TPSA) is 67.2 Å². The Morgan fingerprint density at radius 2 is 2.10 bits per heavy atom. The van der Waals surface area contributed by atoms with E-state index in [-0.39, 0.29) is 17.9 Å². The number of rotatable bonds is 6. The highest BCUT2D eigenvalue weighted by atomic mass is 16.3. The average Bonchev–Trinajstić information content (AvgIpc) is 3.10. The molecule has 1 aromatic heterocycles. The summed E-state index contributed by atoms with van der Waals surface area (Å²) < 4.78 is 1.69. The largest absolute Gasteiger partial charge is 0.396 e. The first kappa shape index (κ1) is 13.8. The zero-order chi connectivity index (χ0) is 14.7. The van der Waals surface area contributed by atoms with Gasteiger partial charge in [0.05, 0.1) is 17.4 Å². The van der Waals surface area contributed by atoms with Crippen LogP contribution in [0.1, 0.15) is 29.6 Å². The molecule has 0 bridgehead atoms. The maximum atomic E-state index is 12.1. The van der Waals surface area contributed by atoms with Crippen molar-refractivity contribution in [1.29, 1.82) is 0 Å². The van der Waals surface area contributed by atoms with E-state index in [1.807, 2.05) is 30.3 Å². The molecule has 0 atom stereocenters. The second-order valence-electron chi connectivity index (χ2n) is 5.67. The number of aromatic nitrogens is 2. The maximum absolute atomic E-state index is 12.1. The van der Waals surface area contributed by atoms with Crippen molar-refractivity contribution in [3.63, 3.8) is 0 Å². The van der Waals surface area contributed by atoms with E-state index < -0.39 is 0 Å². The Kier molecular flexibility index (Phi) is 3.75. The summed E-state index contributed by atoms with van der Waals surface area (Å²) in [6.07, 6.45) is 6.23. The van der Waals surface area contributed by atoms with E-state index in [9.17, 15) is 4.79 Å². The number of nitrogens with zero attached hydrogens (tertiary/aromatic N) is 2. The molecule has 1 saturated carbocycles. The van der Waals surface area contributed by atoms with Crippen molar-refractivity contribution >= 4 is 5.91 Å². The molecule has 1 aliphatic rings. The minimum Gasteiger partial charge on any atom is -0.396 e. The van der Waals surface area contributed by atoms with Gasteiger partial charge in [-0.3, -0.25) is 4.79 Å². The lowest BCUT2D eigenvalue weighted by Gasteiger charge is -2.13. The number of aliphatic hydroxyl groups is 1. The third kappa shape index (κ3) is 3.13. The molecule has 1 heterocycles. The molecule has 1 aromatic carbocycles. The van der Waals surface area contributed by atoms with Gasteiger partial charge in [0.1, 0.15) is 0 Å². The Morgan fingerprint density at radius 1 is 1.33 bits per heavy atom. The van der Waals surface area contributed by atoms with Crippen LogP contribution in [0.5, 0.6) is 0 Å². The zero-order valence-electron chi connectivity index (χ0n) is 11.8. The molecule has 0 spiro atoms. The molecule has 1 fully saturated rings. The fourth-order valence-electron chi connectivity index (χ4n) is 2.46. The van der Waals surface area contributed by atoms with Crippen LogP contribution >= 0.6 is 0 Å². The van der Waals surface area contributed by atoms with Gasteiger partial charge in [0, 0.05) is 19.3 Å². The van der Waals surface area contributed by atoms with Gasteiger partial charge in [-0.15, -0.1) is 0 Å². The fourth-order valence-corrected chi connectivity index (χ4v) is 2.46. The Morgan fingerprint density at radius 3 is 2.76 bits per heavy atom. The third-order valence-electron chi connectivity index (χ3n) is 4.09. The molecular weight excluding hydrogens is 266 g/mol. The van der Waals surface area contributed by atoms with Crippen molar-refractivity contribution in [2.45, 2.75) is 19.3 Å². The average molecular weight is 285 g/mol. The molecule has 1 aliphatic carbocycles. The summed E-state index contributed by atoms with van der Waals surface area (Å²) in [5, 5.41) is 16.2. The number of benzene rings is 1. The molecule has 110 valence electrons. The van der Waals surface area contributed by atoms with Crippen LogP contribution in [-0.4, -0.2) is 33.9 Å². The smallest absolute Gasteiger partial charge is 0.254 e. The van der Waals surface area contributed by atoms with Crippen molar-refractivity contribution in [2.75, 3.05) is 13.2 Å². The van der Waals surface area contributed by atoms with Crippen molar-refractivity contribution < 1.29 is 9.90 Å². The number of aliphatic hydroxyl groups excluding tert-OH is 1. The molecule has 0 aliphatic heterocycles. The number of hydrogen-bond donors (Lipinski definition) is 2. The van der Waals surface area contributed by atoms with Crippen molar-refractivity contribution in [3.05, 3.63) is 48.3 Å². The van der Waals surface area contributed by atoms with E-state index in [1.54, 1.807) is 17.1 Å². The van der Waals surface area contributed by atoms with Gasteiger partial charge in [-0.1, -0.05) is 18.2 Å². The van der Waals surface area contributed by atoms with Gasteiger partial charge >= 0.3 is 0 Å². The molecular formula is C16H19N3O2.